The molecule has 0 radical (unpaired) electrons. The van der Waals surface area contributed by atoms with E-state index in [1.165, 1.54) is 17.3 Å². The number of carbonyl (C=O) groups is 1. The Hall–Kier alpha value is -4.44. The third-order valence-corrected chi connectivity index (χ3v) is 5.58. The molecular formula is C25H26N6O4. The standard InChI is InChI=1S/C25H26N6O4/c1-4-20(32)30(25(33)16-8-6-5-7-9-16)12-13-31-24-21(23(26)27-15-28-24)22(29-31)17-10-11-18(34-2)19(14-17)35-3/h4-11,14-15,20,32H,1,12-13H2,2-3H3,(H2,26,27,28). The van der Waals surface area contributed by atoms with E-state index in [1.807, 2.05) is 12.1 Å². The van der Waals surface area contributed by atoms with Crippen LogP contribution in [0.15, 0.2) is 67.5 Å². The number of aliphatic hydroxyl groups is 1. The number of amides is 1. The third kappa shape index (κ3) is 4.64. The lowest BCUT2D eigenvalue weighted by Gasteiger charge is -2.26. The van der Waals surface area contributed by atoms with Crippen molar-refractivity contribution in [2.75, 3.05) is 26.5 Å². The lowest BCUT2D eigenvalue weighted by Crippen LogP contribution is -2.41. The maximum absolute atomic E-state index is 13.1. The molecule has 2 heterocycles. The normalized spacial score (nSPS) is 11.7. The van der Waals surface area contributed by atoms with Gasteiger partial charge in [-0.25, -0.2) is 14.6 Å². The van der Waals surface area contributed by atoms with Gasteiger partial charge < -0.3 is 25.2 Å². The van der Waals surface area contributed by atoms with Gasteiger partial charge in [0.1, 0.15) is 24.1 Å². The number of rotatable bonds is 9. The predicted molar refractivity (Wildman–Crippen MR) is 132 cm³/mol. The van der Waals surface area contributed by atoms with Crippen LogP contribution in [0.4, 0.5) is 5.82 Å². The van der Waals surface area contributed by atoms with E-state index in [2.05, 4.69) is 16.5 Å². The van der Waals surface area contributed by atoms with Gasteiger partial charge in [-0.15, -0.1) is 0 Å². The van der Waals surface area contributed by atoms with Crippen molar-refractivity contribution in [2.24, 2.45) is 0 Å². The second kappa shape index (κ2) is 10.2. The Balaban J connectivity index is 1.72. The number of methoxy groups -OCH3 is 2. The average Bonchev–Trinajstić information content (AvgIpc) is 3.28. The van der Waals surface area contributed by atoms with Crippen LogP contribution in [-0.4, -0.2) is 62.7 Å². The molecule has 1 unspecified atom stereocenters. The summed E-state index contributed by atoms with van der Waals surface area (Å²) >= 11 is 0. The summed E-state index contributed by atoms with van der Waals surface area (Å²) in [6.45, 7) is 4.01. The summed E-state index contributed by atoms with van der Waals surface area (Å²) in [5, 5.41) is 15.8. The quantitative estimate of drug-likeness (QED) is 0.280. The Morgan fingerprint density at radius 1 is 1.17 bits per heavy atom. The van der Waals surface area contributed by atoms with Gasteiger partial charge in [0, 0.05) is 17.7 Å². The molecule has 0 fully saturated rings. The lowest BCUT2D eigenvalue weighted by atomic mass is 10.1. The second-order valence-electron chi connectivity index (χ2n) is 7.61. The molecule has 2 aromatic carbocycles. The molecule has 180 valence electrons. The highest BCUT2D eigenvalue weighted by atomic mass is 16.5. The van der Waals surface area contributed by atoms with Crippen LogP contribution in [0.3, 0.4) is 0 Å². The van der Waals surface area contributed by atoms with Crippen molar-refractivity contribution in [3.8, 4) is 22.8 Å². The topological polar surface area (TPSA) is 129 Å². The number of carbonyl (C=O) groups excluding carboxylic acids is 1. The maximum atomic E-state index is 13.1. The van der Waals surface area contributed by atoms with E-state index in [-0.39, 0.29) is 24.8 Å². The number of fused-ring (bicyclic) bond motifs is 1. The highest BCUT2D eigenvalue weighted by Crippen LogP contribution is 2.35. The zero-order valence-corrected chi connectivity index (χ0v) is 19.5. The molecule has 1 atom stereocenters. The smallest absolute Gasteiger partial charge is 0.256 e. The molecule has 1 amide bonds. The van der Waals surface area contributed by atoms with Gasteiger partial charge in [-0.05, 0) is 36.4 Å². The molecule has 0 aliphatic heterocycles. The Morgan fingerprint density at radius 2 is 1.91 bits per heavy atom. The molecule has 0 bridgehead atoms. The van der Waals surface area contributed by atoms with Gasteiger partial charge in [0.2, 0.25) is 0 Å². The number of aromatic nitrogens is 4. The number of nitrogens with zero attached hydrogens (tertiary/aromatic N) is 5. The molecule has 35 heavy (non-hydrogen) atoms. The summed E-state index contributed by atoms with van der Waals surface area (Å²) in [5.41, 5.74) is 8.46. The van der Waals surface area contributed by atoms with Crippen molar-refractivity contribution in [3.63, 3.8) is 0 Å². The van der Waals surface area contributed by atoms with Crippen LogP contribution in [0.1, 0.15) is 10.4 Å². The Labute approximate surface area is 202 Å². The van der Waals surface area contributed by atoms with E-state index in [0.717, 1.165) is 5.56 Å². The van der Waals surface area contributed by atoms with Crippen LogP contribution in [0.5, 0.6) is 11.5 Å². The number of ether oxygens (including phenoxy) is 2. The summed E-state index contributed by atoms with van der Waals surface area (Å²) in [6, 6.07) is 14.1. The number of nitrogen functional groups attached to an aromatic ring is 1. The van der Waals surface area contributed by atoms with Crippen molar-refractivity contribution >= 4 is 22.8 Å². The van der Waals surface area contributed by atoms with Crippen LogP contribution < -0.4 is 15.2 Å². The fourth-order valence-corrected chi connectivity index (χ4v) is 3.80. The van der Waals surface area contributed by atoms with Crippen molar-refractivity contribution in [1.29, 1.82) is 0 Å². The number of anilines is 1. The second-order valence-corrected chi connectivity index (χ2v) is 7.61. The van der Waals surface area contributed by atoms with Gasteiger partial charge in [-0.2, -0.15) is 5.10 Å². The number of nitrogens with two attached hydrogens (primary N) is 1. The molecular weight excluding hydrogens is 448 g/mol. The van der Waals surface area contributed by atoms with E-state index in [0.29, 0.717) is 33.8 Å². The van der Waals surface area contributed by atoms with Crippen LogP contribution in [0.2, 0.25) is 0 Å². The maximum Gasteiger partial charge on any atom is 0.256 e. The van der Waals surface area contributed by atoms with Crippen molar-refractivity contribution in [1.82, 2.24) is 24.6 Å². The molecule has 3 N–H and O–H groups in total. The first-order chi connectivity index (χ1) is 17.0. The monoisotopic (exact) mass is 474 g/mol. The number of hydrogen-bond acceptors (Lipinski definition) is 8. The van der Waals surface area contributed by atoms with Gasteiger partial charge in [0.25, 0.3) is 5.91 Å². The fourth-order valence-electron chi connectivity index (χ4n) is 3.80. The highest BCUT2D eigenvalue weighted by molar-refractivity contribution is 5.98. The minimum atomic E-state index is -1.17. The van der Waals surface area contributed by atoms with Crippen LogP contribution in [0, 0.1) is 0 Å². The first-order valence-electron chi connectivity index (χ1n) is 10.8. The molecule has 10 heteroatoms. The number of aliphatic hydroxyl groups excluding tert-OH is 1. The highest BCUT2D eigenvalue weighted by Gasteiger charge is 2.23. The first-order valence-corrected chi connectivity index (χ1v) is 10.8. The van der Waals surface area contributed by atoms with Gasteiger partial charge >= 0.3 is 0 Å². The van der Waals surface area contributed by atoms with Crippen LogP contribution in [-0.2, 0) is 6.54 Å². The summed E-state index contributed by atoms with van der Waals surface area (Å²) in [6.07, 6.45) is 1.49. The molecule has 0 aliphatic carbocycles. The molecule has 0 saturated heterocycles. The number of benzene rings is 2. The van der Waals surface area contributed by atoms with Gasteiger partial charge in [0.05, 0.1) is 26.2 Å². The molecule has 4 aromatic rings. The molecule has 2 aromatic heterocycles. The fraction of sp³-hybridized carbons (Fsp3) is 0.200. The molecule has 0 spiro atoms. The summed E-state index contributed by atoms with van der Waals surface area (Å²) in [5.74, 6) is 1.06. The Kier molecular flexibility index (Phi) is 6.93. The minimum Gasteiger partial charge on any atom is -0.493 e. The van der Waals surface area contributed by atoms with E-state index in [9.17, 15) is 9.90 Å². The van der Waals surface area contributed by atoms with Gasteiger partial charge in [-0.1, -0.05) is 24.8 Å². The largest absolute Gasteiger partial charge is 0.493 e. The van der Waals surface area contributed by atoms with Crippen molar-refractivity contribution < 1.29 is 19.4 Å². The van der Waals surface area contributed by atoms with E-state index in [4.69, 9.17) is 20.3 Å². The van der Waals surface area contributed by atoms with Gasteiger partial charge in [-0.3, -0.25) is 4.79 Å². The molecule has 4 rings (SSSR count). The third-order valence-electron chi connectivity index (χ3n) is 5.58. The van der Waals surface area contributed by atoms with Crippen molar-refractivity contribution in [3.05, 3.63) is 73.1 Å². The zero-order valence-electron chi connectivity index (χ0n) is 19.5. The number of hydrogen-bond donors (Lipinski definition) is 2. The van der Waals surface area contributed by atoms with Crippen LogP contribution >= 0.6 is 0 Å². The summed E-state index contributed by atoms with van der Waals surface area (Å²) < 4.78 is 12.4. The summed E-state index contributed by atoms with van der Waals surface area (Å²) in [7, 11) is 3.12. The molecule has 0 saturated carbocycles. The average molecular weight is 475 g/mol. The predicted octanol–water partition coefficient (Wildman–Crippen LogP) is 2.74. The van der Waals surface area contributed by atoms with Crippen LogP contribution in [0.25, 0.3) is 22.3 Å². The van der Waals surface area contributed by atoms with E-state index < -0.39 is 6.23 Å². The van der Waals surface area contributed by atoms with E-state index >= 15 is 0 Å². The lowest BCUT2D eigenvalue weighted by molar-refractivity contribution is 0.0289. The first kappa shape index (κ1) is 23.7. The molecule has 10 nitrogen and oxygen atoms in total. The Bertz CT molecular complexity index is 1360. The van der Waals surface area contributed by atoms with Gasteiger partial charge in [0.15, 0.2) is 17.1 Å². The molecule has 0 aliphatic rings. The minimum absolute atomic E-state index is 0.146. The zero-order chi connectivity index (χ0) is 24.9. The SMILES string of the molecule is C=CC(O)N(CCn1nc(-c2ccc(OC)c(OC)c2)c2c(N)ncnc21)C(=O)c1ccccc1. The van der Waals surface area contributed by atoms with E-state index in [1.54, 1.807) is 55.3 Å². The summed E-state index contributed by atoms with van der Waals surface area (Å²) in [4.78, 5) is 22.9. The Morgan fingerprint density at radius 3 is 2.60 bits per heavy atom. The van der Waals surface area contributed by atoms with Crippen molar-refractivity contribution in [2.45, 2.75) is 12.8 Å².